The first-order valence-electron chi connectivity index (χ1n) is 17.2. The molecular weight excluding hydrogens is 735 g/mol. The molecule has 1 aliphatic heterocycles. The van der Waals surface area contributed by atoms with Gasteiger partial charge in [0, 0.05) is 6.54 Å². The number of amidine groups is 1. The molecule has 17 nitrogen and oxygen atoms in total. The number of hydrogen-bond acceptors (Lipinski definition) is 13. The number of guanidine groups is 1. The summed E-state index contributed by atoms with van der Waals surface area (Å²) in [6, 6.07) is 9.57. The topological polar surface area (TPSA) is 233 Å². The molecule has 0 unspecified atom stereocenters. The minimum Gasteiger partial charge on any atom is -0.502 e. The average Bonchev–Trinajstić information content (AvgIpc) is 3.37. The fourth-order valence-corrected chi connectivity index (χ4v) is 5.83. The molecule has 6 N–H and O–H groups in total. The Morgan fingerprint density at radius 1 is 0.945 bits per heavy atom. The molecule has 2 atom stereocenters. The Hall–Kier alpha value is -5.78. The summed E-state index contributed by atoms with van der Waals surface area (Å²) >= 11 is 1.03. The zero-order valence-corrected chi connectivity index (χ0v) is 33.2. The number of para-hydroxylation sites is 1. The largest absolute Gasteiger partial charge is 0.502 e. The van der Waals surface area contributed by atoms with Crippen molar-refractivity contribution in [3.8, 4) is 17.2 Å². The van der Waals surface area contributed by atoms with Crippen LogP contribution in [0.1, 0.15) is 66.9 Å². The molecule has 5 amide bonds. The molecule has 1 saturated heterocycles. The van der Waals surface area contributed by atoms with Crippen molar-refractivity contribution in [3.63, 3.8) is 0 Å². The molecule has 298 valence electrons. The monoisotopic (exact) mass is 783 g/mol. The standard InChI is InChI=1S/C37H49N7O10S/c1-21(30(47)41-24(29(38)46)16-13-17-39-32(42-34(49)53-36(2,3)4)43-35(50)54-37(5,6)7)44-31(48)27(55-33(44)40-23-14-11-10-12-15-23)20-22-18-25(51-8)28(45)26(19-22)52-9/h10-12,14-15,18-21,24,45H,13,16-17H2,1-9H3,(H2,38,46)(H,41,47)(H2,39,42,43,49,50)/b27-20-,40-33?/t21-,24-/m0/s1. The number of phenolic OH excluding ortho intramolecular Hbond substituents is 1. The Kier molecular flexibility index (Phi) is 15.1. The second-order valence-corrected chi connectivity index (χ2v) is 15.1. The predicted molar refractivity (Wildman–Crippen MR) is 208 cm³/mol. The quantitative estimate of drug-likeness (QED) is 0.0867. The minimum atomic E-state index is -1.17. The van der Waals surface area contributed by atoms with Crippen molar-refractivity contribution in [2.45, 2.75) is 84.6 Å². The highest BCUT2D eigenvalue weighted by atomic mass is 32.2. The number of benzene rings is 2. The number of ether oxygens (including phenoxy) is 4. The Bertz CT molecular complexity index is 1780. The van der Waals surface area contributed by atoms with Crippen molar-refractivity contribution in [1.82, 2.24) is 20.9 Å². The van der Waals surface area contributed by atoms with Gasteiger partial charge in [-0.3, -0.25) is 34.9 Å². The Labute approximate surface area is 324 Å². The third-order valence-electron chi connectivity index (χ3n) is 7.20. The zero-order chi connectivity index (χ0) is 41.1. The number of aliphatic imine (C=N–C) groups is 2. The lowest BCUT2D eigenvalue weighted by molar-refractivity contribution is -0.134. The van der Waals surface area contributed by atoms with E-state index in [0.29, 0.717) is 11.3 Å². The molecule has 1 fully saturated rings. The van der Waals surface area contributed by atoms with E-state index >= 15 is 0 Å². The van der Waals surface area contributed by atoms with Gasteiger partial charge in [0.1, 0.15) is 23.3 Å². The fourth-order valence-electron chi connectivity index (χ4n) is 4.76. The van der Waals surface area contributed by atoms with Crippen molar-refractivity contribution in [2.24, 2.45) is 15.7 Å². The van der Waals surface area contributed by atoms with Gasteiger partial charge < -0.3 is 35.1 Å². The molecule has 1 heterocycles. The first-order chi connectivity index (χ1) is 25.7. The van der Waals surface area contributed by atoms with E-state index in [2.05, 4.69) is 25.9 Å². The van der Waals surface area contributed by atoms with E-state index in [9.17, 15) is 29.1 Å². The van der Waals surface area contributed by atoms with Gasteiger partial charge in [-0.15, -0.1) is 0 Å². The van der Waals surface area contributed by atoms with Crippen LogP contribution in [0.4, 0.5) is 15.3 Å². The molecule has 2 aromatic rings. The van der Waals surface area contributed by atoms with Gasteiger partial charge in [-0.05, 0) is 109 Å². The summed E-state index contributed by atoms with van der Waals surface area (Å²) in [7, 11) is 2.76. The Morgan fingerprint density at radius 3 is 1.98 bits per heavy atom. The van der Waals surface area contributed by atoms with E-state index in [4.69, 9.17) is 24.7 Å². The van der Waals surface area contributed by atoms with Crippen LogP contribution >= 0.6 is 11.8 Å². The van der Waals surface area contributed by atoms with Crippen LogP contribution in [-0.4, -0.2) is 95.1 Å². The normalized spacial score (nSPS) is 15.5. The van der Waals surface area contributed by atoms with Gasteiger partial charge in [-0.2, -0.15) is 0 Å². The molecule has 0 radical (unpaired) electrons. The van der Waals surface area contributed by atoms with E-state index in [1.807, 2.05) is 6.07 Å². The predicted octanol–water partition coefficient (Wildman–Crippen LogP) is 4.56. The van der Waals surface area contributed by atoms with Gasteiger partial charge in [0.25, 0.3) is 5.91 Å². The number of methoxy groups -OCH3 is 2. The summed E-state index contributed by atoms with van der Waals surface area (Å²) in [6.45, 7) is 11.5. The van der Waals surface area contributed by atoms with E-state index in [1.54, 1.807) is 71.9 Å². The number of nitrogens with one attached hydrogen (secondary N) is 3. The van der Waals surface area contributed by atoms with Crippen LogP contribution in [0.2, 0.25) is 0 Å². The second-order valence-electron chi connectivity index (χ2n) is 14.1. The van der Waals surface area contributed by atoms with Gasteiger partial charge in [0.05, 0.1) is 24.8 Å². The van der Waals surface area contributed by atoms with Gasteiger partial charge in [0.15, 0.2) is 16.7 Å². The van der Waals surface area contributed by atoms with Crippen molar-refractivity contribution in [3.05, 3.63) is 52.9 Å². The van der Waals surface area contributed by atoms with E-state index in [1.165, 1.54) is 38.2 Å². The summed E-state index contributed by atoms with van der Waals surface area (Å²) in [5, 5.41) is 17.9. The maximum atomic E-state index is 13.9. The summed E-state index contributed by atoms with van der Waals surface area (Å²) in [6.07, 6.45) is 0.00239. The van der Waals surface area contributed by atoms with Crippen molar-refractivity contribution in [1.29, 1.82) is 0 Å². The first-order valence-corrected chi connectivity index (χ1v) is 18.0. The first kappa shape index (κ1) is 43.6. The maximum Gasteiger partial charge on any atom is 0.414 e. The molecule has 1 aliphatic rings. The third-order valence-corrected chi connectivity index (χ3v) is 8.19. The number of aromatic hydroxyl groups is 1. The van der Waals surface area contributed by atoms with Crippen LogP contribution in [0.3, 0.4) is 0 Å². The zero-order valence-electron chi connectivity index (χ0n) is 32.3. The SMILES string of the molecule is COc1cc(/C=C2\SC(=Nc3ccccc3)N([C@@H](C)C(=O)N[C@@H](CCCN=C(NC(=O)OC(C)(C)C)NC(=O)OC(C)(C)C)C(N)=O)C2=O)cc(OC)c1O. The highest BCUT2D eigenvalue weighted by molar-refractivity contribution is 8.18. The number of hydrogen-bond donors (Lipinski definition) is 5. The Balaban J connectivity index is 1.81. The highest BCUT2D eigenvalue weighted by Gasteiger charge is 2.40. The van der Waals surface area contributed by atoms with Crippen molar-refractivity contribution < 1.29 is 48.0 Å². The van der Waals surface area contributed by atoms with Crippen molar-refractivity contribution in [2.75, 3.05) is 20.8 Å². The van der Waals surface area contributed by atoms with Crippen LogP contribution in [0.15, 0.2) is 57.4 Å². The van der Waals surface area contributed by atoms with E-state index in [0.717, 1.165) is 11.8 Å². The average molecular weight is 784 g/mol. The molecule has 18 heteroatoms. The van der Waals surface area contributed by atoms with Crippen LogP contribution in [0.25, 0.3) is 6.08 Å². The van der Waals surface area contributed by atoms with Crippen LogP contribution < -0.4 is 31.2 Å². The minimum absolute atomic E-state index is 0.0206. The number of rotatable bonds is 12. The van der Waals surface area contributed by atoms with E-state index < -0.39 is 53.2 Å². The van der Waals surface area contributed by atoms with Gasteiger partial charge in [-0.1, -0.05) is 18.2 Å². The molecule has 55 heavy (non-hydrogen) atoms. The lowest BCUT2D eigenvalue weighted by atomic mass is 10.1. The molecular formula is C37H49N7O10S. The smallest absolute Gasteiger partial charge is 0.414 e. The number of amides is 5. The second kappa shape index (κ2) is 19.0. The number of nitrogens with zero attached hydrogens (tertiary/aromatic N) is 3. The highest BCUT2D eigenvalue weighted by Crippen LogP contribution is 2.40. The number of carbonyl (C=O) groups is 5. The summed E-state index contributed by atoms with van der Waals surface area (Å²) in [5.41, 5.74) is 5.01. The van der Waals surface area contributed by atoms with Gasteiger partial charge in [-0.25, -0.2) is 14.6 Å². The summed E-state index contributed by atoms with van der Waals surface area (Å²) in [5.74, 6) is -2.26. The molecule has 0 aromatic heterocycles. The lowest BCUT2D eigenvalue weighted by Crippen LogP contribution is -2.53. The molecule has 2 aromatic carbocycles. The lowest BCUT2D eigenvalue weighted by Gasteiger charge is -2.25. The van der Waals surface area contributed by atoms with E-state index in [-0.39, 0.29) is 52.7 Å². The van der Waals surface area contributed by atoms with Gasteiger partial charge in [0.2, 0.25) is 23.5 Å². The van der Waals surface area contributed by atoms with Crippen molar-refractivity contribution >= 4 is 64.6 Å². The maximum absolute atomic E-state index is 13.9. The van der Waals surface area contributed by atoms with Crippen LogP contribution in [0.5, 0.6) is 17.2 Å². The number of nitrogens with two attached hydrogens (primary N) is 1. The molecule has 0 saturated carbocycles. The van der Waals surface area contributed by atoms with Crippen LogP contribution in [0, 0.1) is 0 Å². The number of carbonyl (C=O) groups excluding carboxylic acids is 5. The molecule has 0 spiro atoms. The number of primary amides is 1. The van der Waals surface area contributed by atoms with Gasteiger partial charge >= 0.3 is 12.2 Å². The van der Waals surface area contributed by atoms with Crippen LogP contribution in [-0.2, 0) is 23.9 Å². The summed E-state index contributed by atoms with van der Waals surface area (Å²) in [4.78, 5) is 75.2. The molecule has 3 rings (SSSR count). The number of alkyl carbamates (subject to hydrolysis) is 2. The third kappa shape index (κ3) is 13.5. The molecule has 0 bridgehead atoms. The summed E-state index contributed by atoms with van der Waals surface area (Å²) < 4.78 is 21.0. The fraction of sp³-hybridized carbons (Fsp3) is 0.432. The number of phenols is 1. The number of thioether (sulfide) groups is 1. The Morgan fingerprint density at radius 2 is 1.49 bits per heavy atom. The molecule has 0 aliphatic carbocycles.